The maximum absolute atomic E-state index is 4.56. The van der Waals surface area contributed by atoms with Crippen molar-refractivity contribution in [2.75, 3.05) is 4.90 Å². The average molecular weight is 623 g/mol. The molecule has 0 radical (unpaired) electrons. The number of nitrogens with zero attached hydrogens (tertiary/aromatic N) is 2. The molecule has 8 aromatic carbocycles. The minimum absolute atomic E-state index is 1.02. The first kappa shape index (κ1) is 27.6. The van der Waals surface area contributed by atoms with Crippen LogP contribution in [-0.2, 0) is 0 Å². The summed E-state index contributed by atoms with van der Waals surface area (Å²) in [5, 5.41) is 7.47. The van der Waals surface area contributed by atoms with Gasteiger partial charge in [0.05, 0.1) is 17.6 Å². The van der Waals surface area contributed by atoms with Crippen LogP contribution in [0.5, 0.6) is 0 Å². The van der Waals surface area contributed by atoms with Crippen LogP contribution >= 0.6 is 0 Å². The molecular formula is C47H30N2. The number of aromatic nitrogens is 1. The van der Waals surface area contributed by atoms with Gasteiger partial charge in [-0.15, -0.1) is 0 Å². The number of fused-ring (bicyclic) bond motifs is 5. The van der Waals surface area contributed by atoms with Gasteiger partial charge in [0.15, 0.2) is 0 Å². The van der Waals surface area contributed by atoms with E-state index in [-0.39, 0.29) is 0 Å². The Bertz CT molecular complexity index is 2610. The van der Waals surface area contributed by atoms with E-state index in [4.69, 9.17) is 0 Å². The topological polar surface area (TPSA) is 16.1 Å². The van der Waals surface area contributed by atoms with Crippen molar-refractivity contribution in [1.29, 1.82) is 0 Å². The third kappa shape index (κ3) is 4.24. The second kappa shape index (κ2) is 11.0. The van der Waals surface area contributed by atoms with E-state index in [0.29, 0.717) is 0 Å². The van der Waals surface area contributed by atoms with E-state index in [2.05, 4.69) is 174 Å². The van der Waals surface area contributed by atoms with E-state index >= 15 is 0 Å². The molecule has 0 fully saturated rings. The second-order valence-corrected chi connectivity index (χ2v) is 12.7. The van der Waals surface area contributed by atoms with Gasteiger partial charge in [0.25, 0.3) is 0 Å². The highest BCUT2D eigenvalue weighted by Gasteiger charge is 2.31. The van der Waals surface area contributed by atoms with Crippen LogP contribution in [0.1, 0.15) is 0 Å². The zero-order valence-corrected chi connectivity index (χ0v) is 26.7. The van der Waals surface area contributed by atoms with Crippen LogP contribution in [0, 0.1) is 0 Å². The lowest BCUT2D eigenvalue weighted by molar-refractivity contribution is 1.24. The summed E-state index contributed by atoms with van der Waals surface area (Å²) in [7, 11) is 0. The Kier molecular flexibility index (Phi) is 6.22. The van der Waals surface area contributed by atoms with Crippen molar-refractivity contribution < 1.29 is 0 Å². The van der Waals surface area contributed by atoms with Crippen molar-refractivity contribution in [1.82, 2.24) is 4.98 Å². The van der Waals surface area contributed by atoms with E-state index in [9.17, 15) is 0 Å². The lowest BCUT2D eigenvalue weighted by Crippen LogP contribution is -2.10. The molecule has 1 heterocycles. The van der Waals surface area contributed by atoms with Gasteiger partial charge in [0.1, 0.15) is 0 Å². The number of anilines is 3. The van der Waals surface area contributed by atoms with Crippen LogP contribution in [0.2, 0.25) is 0 Å². The van der Waals surface area contributed by atoms with E-state index in [1.165, 1.54) is 76.8 Å². The standard InChI is InChI=1S/C47H30N2/c1-3-14-32(15-4-1)43-37-20-9-10-21-38(37)44(33-16-5-2-6-17-33)47-41-26-27-42(39-22-11-23-40(45(39)41)46(43)47)49(36-19-12-28-48-30-36)35-25-24-31-13-7-8-18-34(31)29-35/h1-30H. The Morgan fingerprint density at radius 1 is 0.388 bits per heavy atom. The summed E-state index contributed by atoms with van der Waals surface area (Å²) in [6.45, 7) is 0. The maximum Gasteiger partial charge on any atom is 0.0645 e. The number of hydrogen-bond acceptors (Lipinski definition) is 2. The fraction of sp³-hybridized carbons (Fsp3) is 0. The molecule has 0 unspecified atom stereocenters. The molecule has 9 aromatic rings. The predicted octanol–water partition coefficient (Wildman–Crippen LogP) is 13.0. The first-order valence-electron chi connectivity index (χ1n) is 16.8. The summed E-state index contributed by atoms with van der Waals surface area (Å²) in [6.07, 6.45) is 3.80. The molecule has 10 rings (SSSR count). The minimum Gasteiger partial charge on any atom is -0.308 e. The van der Waals surface area contributed by atoms with Crippen LogP contribution in [0.25, 0.3) is 76.8 Å². The van der Waals surface area contributed by atoms with Crippen LogP contribution in [-0.4, -0.2) is 4.98 Å². The van der Waals surface area contributed by atoms with Crippen LogP contribution in [0.3, 0.4) is 0 Å². The molecule has 1 aliphatic carbocycles. The Balaban J connectivity index is 1.32. The largest absolute Gasteiger partial charge is 0.308 e. The summed E-state index contributed by atoms with van der Waals surface area (Å²) in [6, 6.07) is 61.7. The monoisotopic (exact) mass is 622 g/mol. The van der Waals surface area contributed by atoms with Gasteiger partial charge >= 0.3 is 0 Å². The summed E-state index contributed by atoms with van der Waals surface area (Å²) < 4.78 is 0. The molecule has 228 valence electrons. The molecule has 1 aliphatic rings. The Morgan fingerprint density at radius 3 is 1.67 bits per heavy atom. The molecule has 0 aliphatic heterocycles. The third-order valence-electron chi connectivity index (χ3n) is 10.0. The summed E-state index contributed by atoms with van der Waals surface area (Å²) in [5.41, 5.74) is 13.4. The van der Waals surface area contributed by atoms with E-state index in [0.717, 1.165) is 17.1 Å². The molecule has 0 saturated carbocycles. The van der Waals surface area contributed by atoms with Gasteiger partial charge in [0, 0.05) is 17.3 Å². The highest BCUT2D eigenvalue weighted by Crippen LogP contribution is 2.59. The molecule has 0 spiro atoms. The SMILES string of the molecule is c1ccc(-c2c3c(c(-c4ccccc4)c4ccccc24)-c2ccc(N(c4cccnc4)c4ccc5ccccc5c4)c4cccc-3c24)cc1. The highest BCUT2D eigenvalue weighted by atomic mass is 15.1. The van der Waals surface area contributed by atoms with Crippen LogP contribution < -0.4 is 4.90 Å². The third-order valence-corrected chi connectivity index (χ3v) is 10.0. The molecule has 2 heteroatoms. The lowest BCUT2D eigenvalue weighted by Gasteiger charge is -2.27. The van der Waals surface area contributed by atoms with Gasteiger partial charge in [-0.25, -0.2) is 0 Å². The van der Waals surface area contributed by atoms with Gasteiger partial charge in [-0.1, -0.05) is 140 Å². The van der Waals surface area contributed by atoms with E-state index < -0.39 is 0 Å². The van der Waals surface area contributed by atoms with Gasteiger partial charge in [-0.05, 0) is 102 Å². The number of rotatable bonds is 5. The van der Waals surface area contributed by atoms with E-state index in [1.807, 2.05) is 18.5 Å². The minimum atomic E-state index is 1.02. The smallest absolute Gasteiger partial charge is 0.0645 e. The molecule has 1 aromatic heterocycles. The van der Waals surface area contributed by atoms with Gasteiger partial charge < -0.3 is 4.90 Å². The molecule has 0 saturated heterocycles. The Hall–Kier alpha value is -6.51. The molecule has 0 amide bonds. The average Bonchev–Trinajstić information content (AvgIpc) is 3.50. The Morgan fingerprint density at radius 2 is 1.00 bits per heavy atom. The van der Waals surface area contributed by atoms with E-state index in [1.54, 1.807) is 0 Å². The van der Waals surface area contributed by atoms with Gasteiger partial charge in [0.2, 0.25) is 0 Å². The molecule has 0 N–H and O–H groups in total. The Labute approximate surface area is 285 Å². The highest BCUT2D eigenvalue weighted by molar-refractivity contribution is 6.29. The quantitative estimate of drug-likeness (QED) is 0.190. The summed E-state index contributed by atoms with van der Waals surface area (Å²) in [5.74, 6) is 0. The van der Waals surface area contributed by atoms with Crippen molar-refractivity contribution in [2.45, 2.75) is 0 Å². The van der Waals surface area contributed by atoms with Crippen LogP contribution in [0.4, 0.5) is 17.1 Å². The summed E-state index contributed by atoms with van der Waals surface area (Å²) in [4.78, 5) is 6.92. The fourth-order valence-electron chi connectivity index (χ4n) is 8.02. The zero-order chi connectivity index (χ0) is 32.3. The molecule has 0 atom stereocenters. The van der Waals surface area contributed by atoms with Gasteiger partial charge in [-0.3, -0.25) is 4.98 Å². The maximum atomic E-state index is 4.56. The van der Waals surface area contributed by atoms with Crippen molar-refractivity contribution in [3.8, 4) is 44.5 Å². The number of hydrogen-bond donors (Lipinski definition) is 0. The predicted molar refractivity (Wildman–Crippen MR) is 207 cm³/mol. The van der Waals surface area contributed by atoms with Gasteiger partial charge in [-0.2, -0.15) is 0 Å². The van der Waals surface area contributed by atoms with Crippen molar-refractivity contribution in [3.63, 3.8) is 0 Å². The second-order valence-electron chi connectivity index (χ2n) is 12.7. The number of benzene rings is 8. The fourth-order valence-corrected chi connectivity index (χ4v) is 8.02. The normalized spacial score (nSPS) is 11.7. The summed E-state index contributed by atoms with van der Waals surface area (Å²) >= 11 is 0. The van der Waals surface area contributed by atoms with Crippen LogP contribution in [0.15, 0.2) is 182 Å². The van der Waals surface area contributed by atoms with Crippen molar-refractivity contribution in [2.24, 2.45) is 0 Å². The molecular weight excluding hydrogens is 593 g/mol. The molecule has 49 heavy (non-hydrogen) atoms. The lowest BCUT2D eigenvalue weighted by atomic mass is 9.82. The molecule has 2 nitrogen and oxygen atoms in total. The molecule has 0 bridgehead atoms. The van der Waals surface area contributed by atoms with Crippen molar-refractivity contribution >= 4 is 49.4 Å². The first-order valence-corrected chi connectivity index (χ1v) is 16.8. The number of pyridine rings is 1. The zero-order valence-electron chi connectivity index (χ0n) is 26.7. The first-order chi connectivity index (χ1) is 24.3. The van der Waals surface area contributed by atoms with Crippen molar-refractivity contribution in [3.05, 3.63) is 182 Å².